The zero-order valence-electron chi connectivity index (χ0n) is 15.0. The van der Waals surface area contributed by atoms with Gasteiger partial charge in [-0.25, -0.2) is 0 Å². The molecule has 0 unspecified atom stereocenters. The molecule has 0 saturated carbocycles. The van der Waals surface area contributed by atoms with E-state index in [0.29, 0.717) is 17.1 Å². The van der Waals surface area contributed by atoms with Crippen LogP contribution in [0.15, 0.2) is 18.2 Å². The van der Waals surface area contributed by atoms with Gasteiger partial charge in [0.1, 0.15) is 0 Å². The van der Waals surface area contributed by atoms with Crippen LogP contribution in [0.1, 0.15) is 5.56 Å². The smallest absolute Gasteiger partial charge is 0.310 e. The molecule has 1 N–H and O–H groups in total. The molecular weight excluding hydrogens is 376 g/mol. The van der Waals surface area contributed by atoms with Crippen molar-refractivity contribution >= 4 is 34.8 Å². The molecule has 1 heterocycles. The Morgan fingerprint density at radius 1 is 1.19 bits per heavy atom. The number of rotatable bonds is 9. The second-order valence-corrected chi connectivity index (χ2v) is 6.40. The summed E-state index contributed by atoms with van der Waals surface area (Å²) in [5.74, 6) is -0.200. The molecule has 1 aromatic rings. The third-order valence-electron chi connectivity index (χ3n) is 3.66. The minimum absolute atomic E-state index is 0.0262. The van der Waals surface area contributed by atoms with Gasteiger partial charge in [-0.3, -0.25) is 24.1 Å². The van der Waals surface area contributed by atoms with Gasteiger partial charge in [0, 0.05) is 13.1 Å². The number of imide groups is 1. The van der Waals surface area contributed by atoms with Gasteiger partial charge in [0.25, 0.3) is 11.1 Å². The maximum Gasteiger partial charge on any atom is 0.310 e. The molecule has 0 bridgehead atoms. The lowest BCUT2D eigenvalue weighted by molar-refractivity contribution is -0.147. The molecule has 2 rings (SSSR count). The number of esters is 1. The maximum atomic E-state index is 11.9. The molecule has 1 fully saturated rings. The molecule has 1 aliphatic rings. The quantitative estimate of drug-likeness (QED) is 0.604. The van der Waals surface area contributed by atoms with Gasteiger partial charge >= 0.3 is 5.97 Å². The monoisotopic (exact) mass is 396 g/mol. The van der Waals surface area contributed by atoms with Gasteiger partial charge in [0.2, 0.25) is 5.91 Å². The van der Waals surface area contributed by atoms with Crippen molar-refractivity contribution in [2.45, 2.75) is 6.42 Å². The summed E-state index contributed by atoms with van der Waals surface area (Å²) in [6, 6.07) is 5.03. The largest absolute Gasteiger partial charge is 0.493 e. The van der Waals surface area contributed by atoms with Crippen LogP contribution in [0.4, 0.5) is 4.79 Å². The summed E-state index contributed by atoms with van der Waals surface area (Å²) in [5.41, 5.74) is 0.654. The number of hydrogen-bond acceptors (Lipinski definition) is 8. The fourth-order valence-electron chi connectivity index (χ4n) is 2.31. The SMILES string of the molecule is COc1ccc(CC(=O)OCC(=O)NCCN2C(=O)CSC2=O)cc1OC. The van der Waals surface area contributed by atoms with Crippen molar-refractivity contribution in [2.24, 2.45) is 0 Å². The van der Waals surface area contributed by atoms with Gasteiger partial charge in [0.15, 0.2) is 18.1 Å². The van der Waals surface area contributed by atoms with Crippen LogP contribution < -0.4 is 14.8 Å². The Morgan fingerprint density at radius 2 is 1.93 bits per heavy atom. The molecule has 10 heteroatoms. The van der Waals surface area contributed by atoms with Crippen molar-refractivity contribution in [1.29, 1.82) is 0 Å². The molecule has 0 radical (unpaired) electrons. The number of thioether (sulfide) groups is 1. The van der Waals surface area contributed by atoms with E-state index in [0.717, 1.165) is 16.7 Å². The minimum Gasteiger partial charge on any atom is -0.493 e. The van der Waals surface area contributed by atoms with E-state index in [-0.39, 0.29) is 36.4 Å². The average molecular weight is 396 g/mol. The van der Waals surface area contributed by atoms with Crippen LogP contribution in [0.25, 0.3) is 0 Å². The van der Waals surface area contributed by atoms with Crippen molar-refractivity contribution in [3.05, 3.63) is 23.8 Å². The molecule has 1 aromatic carbocycles. The molecule has 1 aliphatic heterocycles. The third kappa shape index (κ3) is 5.88. The van der Waals surface area contributed by atoms with E-state index >= 15 is 0 Å². The van der Waals surface area contributed by atoms with Crippen LogP contribution in [0.3, 0.4) is 0 Å². The van der Waals surface area contributed by atoms with Gasteiger partial charge in [-0.1, -0.05) is 17.8 Å². The van der Waals surface area contributed by atoms with Crippen molar-refractivity contribution in [1.82, 2.24) is 10.2 Å². The second kappa shape index (κ2) is 9.81. The third-order valence-corrected chi connectivity index (χ3v) is 4.52. The number of nitrogens with one attached hydrogen (secondary N) is 1. The van der Waals surface area contributed by atoms with Gasteiger partial charge in [-0.05, 0) is 17.7 Å². The van der Waals surface area contributed by atoms with Gasteiger partial charge in [0.05, 0.1) is 26.4 Å². The lowest BCUT2D eigenvalue weighted by atomic mass is 10.1. The van der Waals surface area contributed by atoms with E-state index in [1.165, 1.54) is 14.2 Å². The Kier molecular flexibility index (Phi) is 7.47. The highest BCUT2D eigenvalue weighted by Crippen LogP contribution is 2.27. The minimum atomic E-state index is -0.571. The van der Waals surface area contributed by atoms with Crippen molar-refractivity contribution in [3.8, 4) is 11.5 Å². The highest BCUT2D eigenvalue weighted by Gasteiger charge is 2.29. The molecule has 9 nitrogen and oxygen atoms in total. The first kappa shape index (κ1) is 20.6. The van der Waals surface area contributed by atoms with Crippen LogP contribution in [0.5, 0.6) is 11.5 Å². The summed E-state index contributed by atoms with van der Waals surface area (Å²) in [4.78, 5) is 47.5. The van der Waals surface area contributed by atoms with Crippen LogP contribution >= 0.6 is 11.8 Å². The molecule has 0 atom stereocenters. The summed E-state index contributed by atoms with van der Waals surface area (Å²) in [6.07, 6.45) is -0.0262. The molecular formula is C17H20N2O7S. The van der Waals surface area contributed by atoms with Crippen LogP contribution in [0.2, 0.25) is 0 Å². The first-order valence-corrected chi connectivity index (χ1v) is 9.03. The number of methoxy groups -OCH3 is 2. The van der Waals surface area contributed by atoms with E-state index in [1.807, 2.05) is 0 Å². The molecule has 0 spiro atoms. The normalized spacial score (nSPS) is 13.5. The van der Waals surface area contributed by atoms with Gasteiger partial charge in [-0.2, -0.15) is 0 Å². The fraction of sp³-hybridized carbons (Fsp3) is 0.412. The molecule has 1 saturated heterocycles. The van der Waals surface area contributed by atoms with Crippen LogP contribution in [-0.2, 0) is 25.5 Å². The summed E-state index contributed by atoms with van der Waals surface area (Å²) in [5, 5.41) is 2.17. The Bertz CT molecular complexity index is 722. The van der Waals surface area contributed by atoms with E-state index < -0.39 is 18.5 Å². The molecule has 0 aliphatic carbocycles. The van der Waals surface area contributed by atoms with Crippen molar-refractivity contribution < 1.29 is 33.4 Å². The predicted molar refractivity (Wildman–Crippen MR) is 96.8 cm³/mol. The second-order valence-electron chi connectivity index (χ2n) is 5.48. The standard InChI is InChI=1S/C17H20N2O7S/c1-24-12-4-3-11(7-13(12)25-2)8-16(22)26-9-14(20)18-5-6-19-15(21)10-27-17(19)23/h3-4,7H,5-6,8-10H2,1-2H3,(H,18,20). The number of ether oxygens (including phenoxy) is 3. The lowest BCUT2D eigenvalue weighted by Crippen LogP contribution is -2.38. The van der Waals surface area contributed by atoms with Crippen molar-refractivity contribution in [3.63, 3.8) is 0 Å². The number of benzene rings is 1. The topological polar surface area (TPSA) is 111 Å². The zero-order chi connectivity index (χ0) is 19.8. The van der Waals surface area contributed by atoms with Crippen LogP contribution in [0, 0.1) is 0 Å². The summed E-state index contributed by atoms with van der Waals surface area (Å²) in [6.45, 7) is -0.247. The highest BCUT2D eigenvalue weighted by atomic mass is 32.2. The predicted octanol–water partition coefficient (Wildman–Crippen LogP) is 0.601. The zero-order valence-corrected chi connectivity index (χ0v) is 15.8. The molecule has 146 valence electrons. The summed E-state index contributed by atoms with van der Waals surface area (Å²) < 4.78 is 15.2. The van der Waals surface area contributed by atoms with E-state index in [9.17, 15) is 19.2 Å². The highest BCUT2D eigenvalue weighted by molar-refractivity contribution is 8.14. The Balaban J connectivity index is 1.71. The molecule has 3 amide bonds. The van der Waals surface area contributed by atoms with Crippen molar-refractivity contribution in [2.75, 3.05) is 39.7 Å². The number of carbonyl (C=O) groups is 4. The number of carbonyl (C=O) groups excluding carboxylic acids is 4. The fourth-order valence-corrected chi connectivity index (χ4v) is 3.06. The van der Waals surface area contributed by atoms with E-state index in [4.69, 9.17) is 14.2 Å². The Hall–Kier alpha value is -2.75. The molecule has 27 heavy (non-hydrogen) atoms. The van der Waals surface area contributed by atoms with E-state index in [1.54, 1.807) is 18.2 Å². The Morgan fingerprint density at radius 3 is 2.56 bits per heavy atom. The van der Waals surface area contributed by atoms with Gasteiger partial charge in [-0.15, -0.1) is 0 Å². The Labute approximate surface area is 160 Å². The number of hydrogen-bond donors (Lipinski definition) is 1. The first-order valence-electron chi connectivity index (χ1n) is 8.05. The molecule has 0 aromatic heterocycles. The summed E-state index contributed by atoms with van der Waals surface area (Å²) >= 11 is 0.931. The lowest BCUT2D eigenvalue weighted by Gasteiger charge is -2.13. The summed E-state index contributed by atoms with van der Waals surface area (Å²) in [7, 11) is 3.00. The average Bonchev–Trinajstić information content (AvgIpc) is 2.98. The van der Waals surface area contributed by atoms with Gasteiger partial charge < -0.3 is 19.5 Å². The number of nitrogens with zero attached hydrogens (tertiary/aromatic N) is 1. The maximum absolute atomic E-state index is 11.9. The first-order chi connectivity index (χ1) is 12.9. The number of amides is 3. The van der Waals surface area contributed by atoms with Crippen LogP contribution in [-0.4, -0.2) is 67.6 Å². The van der Waals surface area contributed by atoms with E-state index in [2.05, 4.69) is 5.32 Å².